The van der Waals surface area contributed by atoms with Crippen LogP contribution in [0.3, 0.4) is 0 Å². The molecule has 0 radical (unpaired) electrons. The van der Waals surface area contributed by atoms with Gasteiger partial charge in [-0.15, -0.1) is 0 Å². The average molecular weight is 1220 g/mol. The zero-order valence-corrected chi connectivity index (χ0v) is 52.3. The van der Waals surface area contributed by atoms with Gasteiger partial charge in [0.25, 0.3) is 0 Å². The Bertz CT molecular complexity index is 5400. The van der Waals surface area contributed by atoms with Crippen LogP contribution < -0.4 is 0 Å². The van der Waals surface area contributed by atoms with Crippen LogP contribution in [0.5, 0.6) is 0 Å². The number of nitrogens with zero attached hydrogens (tertiary/aromatic N) is 5. The van der Waals surface area contributed by atoms with E-state index < -0.39 is 0 Å². The van der Waals surface area contributed by atoms with Crippen molar-refractivity contribution in [1.82, 2.24) is 24.9 Å². The number of aromatic nitrogens is 5. The summed E-state index contributed by atoms with van der Waals surface area (Å²) in [5.74, 6) is 2.66. The van der Waals surface area contributed by atoms with Crippen LogP contribution in [0.15, 0.2) is 358 Å². The fourth-order valence-electron chi connectivity index (χ4n) is 13.8. The molecule has 0 aliphatic heterocycles. The quantitative estimate of drug-likeness (QED) is 0.128. The second-order valence-electron chi connectivity index (χ2n) is 24.2. The smallest absolute Gasteiger partial charge is 0.164 e. The van der Waals surface area contributed by atoms with Crippen molar-refractivity contribution >= 4 is 64.6 Å². The predicted molar refractivity (Wildman–Crippen MR) is 401 cm³/mol. The van der Waals surface area contributed by atoms with Crippen LogP contribution in [-0.4, -0.2) is 24.9 Å². The van der Waals surface area contributed by atoms with Gasteiger partial charge < -0.3 is 0 Å². The van der Waals surface area contributed by atoms with Gasteiger partial charge in [0.05, 0.1) is 11.4 Å². The second-order valence-corrected chi connectivity index (χ2v) is 24.2. The Morgan fingerprint density at radius 2 is 0.375 bits per heavy atom. The lowest BCUT2D eigenvalue weighted by molar-refractivity contribution is 1.07. The molecule has 0 aliphatic carbocycles. The molecule has 2 heterocycles. The van der Waals surface area contributed by atoms with Crippen LogP contribution in [-0.2, 0) is 0 Å². The molecule has 18 rings (SSSR count). The zero-order chi connectivity index (χ0) is 63.7. The first-order chi connectivity index (χ1) is 47.6. The summed E-state index contributed by atoms with van der Waals surface area (Å²) in [5, 5.41) is 15.3. The molecule has 0 amide bonds. The molecule has 0 spiro atoms. The SMILES string of the molecule is c1ccc(-c2cc(-c3ccccc3)nc(-c3ccccc3-c3cccc(-c4ccc5c6ccccc6c6ccccc6c5c4)c3)n2)cc1.c1ccc(-c2nc(-c3ccccc3)nc(-c3ccccc3-c3cccc(-c4ccc5c6ccccc6c6ccccc6c5c4)c3)n2)cc1. The standard InChI is InChI=1S/C46H30N2.C45H29N3/c1-3-14-31(15-4-1)44-30-45(32-16-5-2-6-17-32)48-46(47-44)42-25-12-7-20-36(42)35-19-13-18-33(28-35)34-26-27-41-39-23-9-8-21-37(39)38-22-10-11-24-40(38)43(41)29-34;1-3-14-30(15-4-1)43-46-44(31-16-5-2-6-17-31)48-45(47-43)41-25-12-7-20-35(41)34-19-13-18-32(28-34)33-26-27-40-38-23-9-8-21-36(38)37-22-10-11-24-39(37)42(40)29-33/h1-30H;1-29H. The first kappa shape index (κ1) is 57.1. The van der Waals surface area contributed by atoms with Crippen molar-refractivity contribution in [2.24, 2.45) is 0 Å². The first-order valence-corrected chi connectivity index (χ1v) is 32.5. The van der Waals surface area contributed by atoms with E-state index in [9.17, 15) is 0 Å². The molecule has 0 atom stereocenters. The predicted octanol–water partition coefficient (Wildman–Crippen LogP) is 23.9. The molecule has 0 aliphatic rings. The topological polar surface area (TPSA) is 64.5 Å². The Hall–Kier alpha value is -12.8. The molecule has 16 aromatic carbocycles. The van der Waals surface area contributed by atoms with Crippen LogP contribution in [0.4, 0.5) is 0 Å². The molecular formula is C91H59N5. The summed E-state index contributed by atoms with van der Waals surface area (Å²) in [5.41, 5.74) is 16.9. The number of hydrogen-bond acceptors (Lipinski definition) is 5. The summed E-state index contributed by atoms with van der Waals surface area (Å²) in [6.45, 7) is 0. The van der Waals surface area contributed by atoms with Gasteiger partial charge in [-0.1, -0.05) is 328 Å². The monoisotopic (exact) mass is 1220 g/mol. The van der Waals surface area contributed by atoms with Crippen molar-refractivity contribution in [2.75, 3.05) is 0 Å². The molecule has 5 nitrogen and oxygen atoms in total. The molecule has 0 bridgehead atoms. The van der Waals surface area contributed by atoms with Crippen molar-refractivity contribution in [3.8, 4) is 113 Å². The van der Waals surface area contributed by atoms with E-state index in [2.05, 4.69) is 285 Å². The number of fused-ring (bicyclic) bond motifs is 12. The summed E-state index contributed by atoms with van der Waals surface area (Å²) in [7, 11) is 0. The van der Waals surface area contributed by atoms with E-state index in [1.165, 1.54) is 81.3 Å². The lowest BCUT2D eigenvalue weighted by Crippen LogP contribution is -2.01. The van der Waals surface area contributed by atoms with Gasteiger partial charge in [0.15, 0.2) is 23.3 Å². The molecule has 448 valence electrons. The van der Waals surface area contributed by atoms with Gasteiger partial charge in [-0.05, 0) is 139 Å². The third kappa shape index (κ3) is 10.9. The maximum Gasteiger partial charge on any atom is 0.164 e. The second kappa shape index (κ2) is 25.0. The highest BCUT2D eigenvalue weighted by Gasteiger charge is 2.19. The van der Waals surface area contributed by atoms with Crippen LogP contribution in [0.1, 0.15) is 0 Å². The molecule has 96 heavy (non-hydrogen) atoms. The fraction of sp³-hybridized carbons (Fsp3) is 0. The third-order valence-corrected chi connectivity index (χ3v) is 18.4. The van der Waals surface area contributed by atoms with E-state index >= 15 is 0 Å². The Morgan fingerprint density at radius 1 is 0.125 bits per heavy atom. The van der Waals surface area contributed by atoms with Crippen molar-refractivity contribution < 1.29 is 0 Å². The van der Waals surface area contributed by atoms with Crippen LogP contribution in [0.25, 0.3) is 177 Å². The molecule has 0 N–H and O–H groups in total. The molecule has 0 saturated heterocycles. The van der Waals surface area contributed by atoms with E-state index in [4.69, 9.17) is 24.9 Å². The molecule has 5 heteroatoms. The summed E-state index contributed by atoms with van der Waals surface area (Å²) < 4.78 is 0. The highest BCUT2D eigenvalue weighted by atomic mass is 15.0. The van der Waals surface area contributed by atoms with Crippen LogP contribution in [0.2, 0.25) is 0 Å². The van der Waals surface area contributed by atoms with Crippen LogP contribution >= 0.6 is 0 Å². The van der Waals surface area contributed by atoms with Gasteiger partial charge in [0, 0.05) is 33.4 Å². The molecular weight excluding hydrogens is 1160 g/mol. The molecule has 0 saturated carbocycles. The Labute approximate surface area is 556 Å². The van der Waals surface area contributed by atoms with E-state index in [1.807, 2.05) is 72.8 Å². The van der Waals surface area contributed by atoms with E-state index in [0.29, 0.717) is 23.3 Å². The van der Waals surface area contributed by atoms with Gasteiger partial charge >= 0.3 is 0 Å². The normalized spacial score (nSPS) is 11.3. The van der Waals surface area contributed by atoms with Gasteiger partial charge in [-0.3, -0.25) is 0 Å². The van der Waals surface area contributed by atoms with E-state index in [-0.39, 0.29) is 0 Å². The van der Waals surface area contributed by atoms with Crippen molar-refractivity contribution in [1.29, 1.82) is 0 Å². The molecule has 0 fully saturated rings. The largest absolute Gasteiger partial charge is 0.228 e. The van der Waals surface area contributed by atoms with Gasteiger partial charge in [0.2, 0.25) is 0 Å². The third-order valence-electron chi connectivity index (χ3n) is 18.4. The molecule has 18 aromatic rings. The summed E-state index contributed by atoms with van der Waals surface area (Å²) in [6.07, 6.45) is 0. The lowest BCUT2D eigenvalue weighted by Gasteiger charge is -2.14. The maximum atomic E-state index is 5.14. The summed E-state index contributed by atoms with van der Waals surface area (Å²) in [6, 6.07) is 126. The van der Waals surface area contributed by atoms with Gasteiger partial charge in [-0.25, -0.2) is 24.9 Å². The van der Waals surface area contributed by atoms with Gasteiger partial charge in [0.1, 0.15) is 0 Å². The first-order valence-electron chi connectivity index (χ1n) is 32.5. The van der Waals surface area contributed by atoms with E-state index in [0.717, 1.165) is 72.6 Å². The van der Waals surface area contributed by atoms with Crippen molar-refractivity contribution in [3.05, 3.63) is 358 Å². The fourth-order valence-corrected chi connectivity index (χ4v) is 13.8. The number of benzene rings is 16. The van der Waals surface area contributed by atoms with Gasteiger partial charge in [-0.2, -0.15) is 0 Å². The highest BCUT2D eigenvalue weighted by molar-refractivity contribution is 6.27. The zero-order valence-electron chi connectivity index (χ0n) is 52.3. The lowest BCUT2D eigenvalue weighted by atomic mass is 9.91. The van der Waals surface area contributed by atoms with Crippen LogP contribution in [0, 0.1) is 0 Å². The van der Waals surface area contributed by atoms with E-state index in [1.54, 1.807) is 0 Å². The number of rotatable bonds is 10. The minimum absolute atomic E-state index is 0.646. The highest BCUT2D eigenvalue weighted by Crippen LogP contribution is 2.42. The maximum absolute atomic E-state index is 5.14. The number of hydrogen-bond donors (Lipinski definition) is 0. The minimum Gasteiger partial charge on any atom is -0.228 e. The summed E-state index contributed by atoms with van der Waals surface area (Å²) in [4.78, 5) is 25.2. The van der Waals surface area contributed by atoms with Crippen molar-refractivity contribution in [3.63, 3.8) is 0 Å². The average Bonchev–Trinajstić information content (AvgIpc) is 0.753. The Kier molecular flexibility index (Phi) is 14.9. The molecule has 0 unspecified atom stereocenters. The minimum atomic E-state index is 0.646. The Balaban J connectivity index is 0.000000145. The summed E-state index contributed by atoms with van der Waals surface area (Å²) >= 11 is 0. The van der Waals surface area contributed by atoms with Crippen molar-refractivity contribution in [2.45, 2.75) is 0 Å². The Morgan fingerprint density at radius 3 is 0.740 bits per heavy atom. The molecule has 2 aromatic heterocycles.